The van der Waals surface area contributed by atoms with Crippen molar-refractivity contribution < 1.29 is 10.2 Å². The van der Waals surface area contributed by atoms with Crippen LogP contribution in [0, 0.1) is 0 Å². The Morgan fingerprint density at radius 1 is 1.40 bits per heavy atom. The van der Waals surface area contributed by atoms with E-state index in [9.17, 15) is 5.11 Å². The first-order chi connectivity index (χ1) is 7.13. The van der Waals surface area contributed by atoms with E-state index in [1.807, 2.05) is 6.92 Å². The summed E-state index contributed by atoms with van der Waals surface area (Å²) in [7, 11) is 0. The molecule has 0 saturated carbocycles. The number of hydrogen-bond acceptors (Lipinski definition) is 4. The molecule has 1 rings (SSSR count). The van der Waals surface area contributed by atoms with Crippen LogP contribution in [0.3, 0.4) is 0 Å². The molecular weight excluding hydrogens is 228 g/mol. The van der Waals surface area contributed by atoms with E-state index >= 15 is 0 Å². The maximum atomic E-state index is 9.69. The van der Waals surface area contributed by atoms with Gasteiger partial charge >= 0.3 is 0 Å². The molecule has 2 N–H and O–H groups in total. The molecule has 0 aliphatic rings. The molecule has 15 heavy (non-hydrogen) atoms. The average Bonchev–Trinajstić information content (AvgIpc) is 2.18. The lowest BCUT2D eigenvalue weighted by Crippen LogP contribution is -1.88. The standard InChI is InChI=1S/C11H12O2S2/c1-2-15-11(14)7-10(13)8-3-5-9(12)6-4-8/h3-7,12-13H,2H2,1H3/b10-7-. The number of thiocarbonyl (C=S) groups is 1. The van der Waals surface area contributed by atoms with E-state index in [1.165, 1.54) is 23.9 Å². The number of benzene rings is 1. The normalized spacial score (nSPS) is 11.4. The Morgan fingerprint density at radius 2 is 2.00 bits per heavy atom. The fourth-order valence-electron chi connectivity index (χ4n) is 1.01. The molecule has 2 nitrogen and oxygen atoms in total. The quantitative estimate of drug-likeness (QED) is 0.483. The van der Waals surface area contributed by atoms with Gasteiger partial charge in [-0.05, 0) is 30.0 Å². The third-order valence-electron chi connectivity index (χ3n) is 1.70. The smallest absolute Gasteiger partial charge is 0.124 e. The van der Waals surface area contributed by atoms with Gasteiger partial charge in [0.1, 0.15) is 11.5 Å². The maximum absolute atomic E-state index is 9.69. The van der Waals surface area contributed by atoms with Crippen LogP contribution in [0.5, 0.6) is 5.75 Å². The van der Waals surface area contributed by atoms with Gasteiger partial charge in [-0.15, -0.1) is 11.8 Å². The molecule has 0 heterocycles. The minimum atomic E-state index is 0.126. The van der Waals surface area contributed by atoms with Gasteiger partial charge in [0, 0.05) is 11.6 Å². The first kappa shape index (κ1) is 12.1. The predicted molar refractivity (Wildman–Crippen MR) is 69.4 cm³/mol. The lowest BCUT2D eigenvalue weighted by atomic mass is 10.2. The molecule has 0 bridgehead atoms. The summed E-state index contributed by atoms with van der Waals surface area (Å²) in [5.41, 5.74) is 0.645. The molecule has 0 aromatic heterocycles. The van der Waals surface area contributed by atoms with E-state index in [1.54, 1.807) is 18.2 Å². The Hall–Kier alpha value is -1.00. The van der Waals surface area contributed by atoms with Crippen LogP contribution in [0.2, 0.25) is 0 Å². The monoisotopic (exact) mass is 240 g/mol. The molecule has 0 saturated heterocycles. The van der Waals surface area contributed by atoms with Crippen LogP contribution >= 0.6 is 24.0 Å². The van der Waals surface area contributed by atoms with Gasteiger partial charge in [0.25, 0.3) is 0 Å². The van der Waals surface area contributed by atoms with Crippen LogP contribution < -0.4 is 0 Å². The van der Waals surface area contributed by atoms with Crippen molar-refractivity contribution in [2.45, 2.75) is 6.92 Å². The van der Waals surface area contributed by atoms with Gasteiger partial charge in [-0.25, -0.2) is 0 Å². The summed E-state index contributed by atoms with van der Waals surface area (Å²) in [5, 5.41) is 18.8. The van der Waals surface area contributed by atoms with Crippen LogP contribution in [0.25, 0.3) is 5.76 Å². The molecule has 4 heteroatoms. The van der Waals surface area contributed by atoms with Gasteiger partial charge in [-0.1, -0.05) is 19.1 Å². The average molecular weight is 240 g/mol. The van der Waals surface area contributed by atoms with Crippen LogP contribution in [0.4, 0.5) is 0 Å². The molecule has 0 fully saturated rings. The van der Waals surface area contributed by atoms with E-state index in [0.717, 1.165) is 5.75 Å². The number of aliphatic hydroxyl groups is 1. The van der Waals surface area contributed by atoms with Crippen molar-refractivity contribution >= 4 is 33.9 Å². The summed E-state index contributed by atoms with van der Waals surface area (Å²) in [6.45, 7) is 2.00. The Bertz CT molecular complexity index is 369. The molecule has 0 radical (unpaired) electrons. The third-order valence-corrected chi connectivity index (χ3v) is 2.87. The van der Waals surface area contributed by atoms with E-state index < -0.39 is 0 Å². The third kappa shape index (κ3) is 3.93. The van der Waals surface area contributed by atoms with Crippen LogP contribution in [-0.2, 0) is 0 Å². The van der Waals surface area contributed by atoms with E-state index in [2.05, 4.69) is 0 Å². The van der Waals surface area contributed by atoms with Crippen molar-refractivity contribution in [1.82, 2.24) is 0 Å². The number of hydrogen-bond donors (Lipinski definition) is 2. The fraction of sp³-hybridized carbons (Fsp3) is 0.182. The van der Waals surface area contributed by atoms with Gasteiger partial charge in [-0.2, -0.15) is 0 Å². The lowest BCUT2D eigenvalue weighted by molar-refractivity contribution is 0.474. The Balaban J connectivity index is 2.79. The highest BCUT2D eigenvalue weighted by Gasteiger charge is 2.00. The molecule has 0 spiro atoms. The summed E-state index contributed by atoms with van der Waals surface area (Å²) in [4.78, 5) is 0. The number of aliphatic hydroxyl groups excluding tert-OH is 1. The zero-order valence-electron chi connectivity index (χ0n) is 8.30. The SMILES string of the molecule is CCSC(=S)/C=C(\O)c1ccc(O)cc1. The molecule has 0 aliphatic carbocycles. The minimum Gasteiger partial charge on any atom is -0.508 e. The fourth-order valence-corrected chi connectivity index (χ4v) is 1.96. The number of phenols is 1. The highest BCUT2D eigenvalue weighted by Crippen LogP contribution is 2.17. The van der Waals surface area contributed by atoms with Gasteiger partial charge < -0.3 is 10.2 Å². The highest BCUT2D eigenvalue weighted by atomic mass is 32.2. The summed E-state index contributed by atoms with van der Waals surface area (Å²) in [5.74, 6) is 1.19. The van der Waals surface area contributed by atoms with Crippen molar-refractivity contribution in [2.75, 3.05) is 5.75 Å². The van der Waals surface area contributed by atoms with E-state index in [-0.39, 0.29) is 11.5 Å². The Kier molecular flexibility index (Phi) is 4.65. The van der Waals surface area contributed by atoms with Crippen molar-refractivity contribution in [3.63, 3.8) is 0 Å². The molecule has 0 aliphatic heterocycles. The maximum Gasteiger partial charge on any atom is 0.124 e. The van der Waals surface area contributed by atoms with Gasteiger partial charge in [-0.3, -0.25) is 0 Å². The number of rotatable bonds is 3. The van der Waals surface area contributed by atoms with Crippen molar-refractivity contribution in [2.24, 2.45) is 0 Å². The van der Waals surface area contributed by atoms with E-state index in [4.69, 9.17) is 17.3 Å². The minimum absolute atomic E-state index is 0.126. The molecule has 1 aromatic rings. The van der Waals surface area contributed by atoms with Crippen LogP contribution in [0.1, 0.15) is 12.5 Å². The zero-order valence-corrected chi connectivity index (χ0v) is 9.94. The number of phenolic OH excluding ortho intramolecular Hbond substituents is 1. The van der Waals surface area contributed by atoms with Crippen molar-refractivity contribution in [3.8, 4) is 5.75 Å². The first-order valence-corrected chi connectivity index (χ1v) is 5.89. The highest BCUT2D eigenvalue weighted by molar-refractivity contribution is 8.23. The molecule has 1 aromatic carbocycles. The summed E-state index contributed by atoms with van der Waals surface area (Å²) in [6.07, 6.45) is 1.55. The summed E-state index contributed by atoms with van der Waals surface area (Å²) < 4.78 is 0.656. The second kappa shape index (κ2) is 5.78. The summed E-state index contributed by atoms with van der Waals surface area (Å²) in [6, 6.07) is 6.32. The Labute approximate surface area is 98.6 Å². The molecule has 80 valence electrons. The second-order valence-corrected chi connectivity index (χ2v) is 4.83. The van der Waals surface area contributed by atoms with Gasteiger partial charge in [0.15, 0.2) is 0 Å². The molecule has 0 atom stereocenters. The number of aromatic hydroxyl groups is 1. The molecular formula is C11H12O2S2. The number of thioether (sulfide) groups is 1. The van der Waals surface area contributed by atoms with Crippen molar-refractivity contribution in [3.05, 3.63) is 35.9 Å². The summed E-state index contributed by atoms with van der Waals surface area (Å²) >= 11 is 6.54. The van der Waals surface area contributed by atoms with Gasteiger partial charge in [0.05, 0.1) is 4.20 Å². The van der Waals surface area contributed by atoms with Crippen LogP contribution in [-0.4, -0.2) is 20.2 Å². The largest absolute Gasteiger partial charge is 0.508 e. The Morgan fingerprint density at radius 3 is 2.53 bits per heavy atom. The molecule has 0 unspecified atom stereocenters. The van der Waals surface area contributed by atoms with E-state index in [0.29, 0.717) is 9.76 Å². The lowest BCUT2D eigenvalue weighted by Gasteiger charge is -2.01. The first-order valence-electron chi connectivity index (χ1n) is 4.50. The zero-order chi connectivity index (χ0) is 11.3. The topological polar surface area (TPSA) is 40.5 Å². The van der Waals surface area contributed by atoms with Crippen molar-refractivity contribution in [1.29, 1.82) is 0 Å². The van der Waals surface area contributed by atoms with Gasteiger partial charge in [0.2, 0.25) is 0 Å². The predicted octanol–water partition coefficient (Wildman–Crippen LogP) is 3.37. The van der Waals surface area contributed by atoms with Crippen LogP contribution in [0.15, 0.2) is 30.3 Å². The molecule has 0 amide bonds. The second-order valence-electron chi connectivity index (χ2n) is 2.83.